The number of hydrogen-bond acceptors (Lipinski definition) is 5. The minimum atomic E-state index is -1.16. The summed E-state index contributed by atoms with van der Waals surface area (Å²) < 4.78 is 16.6. The molecule has 3 rings (SSSR count). The lowest BCUT2D eigenvalue weighted by atomic mass is 9.92. The molecule has 1 heterocycles. The predicted octanol–water partition coefficient (Wildman–Crippen LogP) is 5.08. The van der Waals surface area contributed by atoms with Gasteiger partial charge in [-0.1, -0.05) is 30.9 Å². The Morgan fingerprint density at radius 1 is 1.21 bits per heavy atom. The number of anilines is 1. The van der Waals surface area contributed by atoms with Gasteiger partial charge in [-0.3, -0.25) is 9.59 Å². The molecule has 1 aliphatic heterocycles. The Morgan fingerprint density at radius 2 is 1.91 bits per heavy atom. The van der Waals surface area contributed by atoms with Gasteiger partial charge in [0.15, 0.2) is 0 Å². The summed E-state index contributed by atoms with van der Waals surface area (Å²) in [5, 5.41) is 0.332. The highest BCUT2D eigenvalue weighted by molar-refractivity contribution is 6.34. The molecule has 1 fully saturated rings. The van der Waals surface area contributed by atoms with Crippen LogP contribution in [0.15, 0.2) is 12.1 Å². The van der Waals surface area contributed by atoms with Gasteiger partial charge in [0.05, 0.1) is 22.9 Å². The minimum absolute atomic E-state index is 0.0516. The molecule has 2 amide bonds. The average Bonchev–Trinajstić information content (AvgIpc) is 2.79. The van der Waals surface area contributed by atoms with Gasteiger partial charge in [-0.15, -0.1) is 0 Å². The molecule has 2 aliphatic rings. The second-order valence-corrected chi connectivity index (χ2v) is 10.2. The number of carbonyl (C=O) groups excluding carboxylic acids is 2. The number of amides is 2. The van der Waals surface area contributed by atoms with E-state index in [0.717, 1.165) is 38.5 Å². The van der Waals surface area contributed by atoms with Crippen molar-refractivity contribution in [3.05, 3.63) is 22.7 Å². The first-order chi connectivity index (χ1) is 16.2. The fourth-order valence-corrected chi connectivity index (χ4v) is 5.34. The van der Waals surface area contributed by atoms with Crippen LogP contribution in [0.25, 0.3) is 0 Å². The molecule has 0 N–H and O–H groups in total. The maximum Gasteiger partial charge on any atom is 0.273 e. The van der Waals surface area contributed by atoms with E-state index in [0.29, 0.717) is 35.2 Å². The summed E-state index contributed by atoms with van der Waals surface area (Å²) in [5.41, 5.74) is -0.173. The monoisotopic (exact) mass is 494 g/mol. The normalized spacial score (nSPS) is 20.9. The molecule has 0 radical (unpaired) electrons. The van der Waals surface area contributed by atoms with Crippen molar-refractivity contribution in [1.82, 2.24) is 4.90 Å². The number of hydrogen-bond donors (Lipinski definition) is 0. The van der Waals surface area contributed by atoms with E-state index in [2.05, 4.69) is 0 Å². The van der Waals surface area contributed by atoms with Gasteiger partial charge in [0, 0.05) is 45.5 Å². The van der Waals surface area contributed by atoms with E-state index in [-0.39, 0.29) is 30.5 Å². The van der Waals surface area contributed by atoms with E-state index in [1.54, 1.807) is 38.2 Å². The fourth-order valence-electron chi connectivity index (χ4n) is 5.11. The van der Waals surface area contributed by atoms with Crippen molar-refractivity contribution < 1.29 is 23.8 Å². The van der Waals surface area contributed by atoms with Crippen molar-refractivity contribution in [1.29, 1.82) is 0 Å². The van der Waals surface area contributed by atoms with Crippen LogP contribution in [0.5, 0.6) is 5.75 Å². The molecule has 0 aromatic heterocycles. The van der Waals surface area contributed by atoms with Crippen LogP contribution in [-0.4, -0.2) is 68.4 Å². The summed E-state index contributed by atoms with van der Waals surface area (Å²) in [6.07, 6.45) is 7.08. The molecule has 1 saturated carbocycles. The van der Waals surface area contributed by atoms with E-state index < -0.39 is 5.60 Å². The Morgan fingerprint density at radius 3 is 2.53 bits per heavy atom. The topological polar surface area (TPSA) is 68.3 Å². The van der Waals surface area contributed by atoms with Crippen LogP contribution >= 0.6 is 11.6 Å². The second kappa shape index (κ2) is 11.7. The minimum Gasteiger partial charge on any atom is -0.473 e. The van der Waals surface area contributed by atoms with E-state index >= 15 is 0 Å². The van der Waals surface area contributed by atoms with Gasteiger partial charge in [-0.2, -0.15) is 0 Å². The molecular formula is C26H39ClN2O5. The summed E-state index contributed by atoms with van der Waals surface area (Å²) in [7, 11) is 3.21. The van der Waals surface area contributed by atoms with Gasteiger partial charge in [-0.05, 0) is 52.5 Å². The van der Waals surface area contributed by atoms with Crippen molar-refractivity contribution in [2.75, 3.05) is 38.9 Å². The molecular weight excluding hydrogens is 456 g/mol. The van der Waals surface area contributed by atoms with E-state index in [1.165, 1.54) is 6.42 Å². The Labute approximate surface area is 208 Å². The first-order valence-corrected chi connectivity index (χ1v) is 12.8. The number of benzene rings is 1. The van der Waals surface area contributed by atoms with Crippen molar-refractivity contribution >= 4 is 29.1 Å². The third kappa shape index (κ3) is 5.69. The third-order valence-electron chi connectivity index (χ3n) is 6.76. The summed E-state index contributed by atoms with van der Waals surface area (Å²) in [6, 6.07) is 3.67. The molecule has 7 nitrogen and oxygen atoms in total. The molecule has 1 aromatic carbocycles. The molecule has 1 aliphatic carbocycles. The largest absolute Gasteiger partial charge is 0.473 e. The molecule has 190 valence electrons. The molecule has 1 atom stereocenters. The van der Waals surface area contributed by atoms with Crippen LogP contribution in [0.1, 0.15) is 76.1 Å². The average molecular weight is 495 g/mol. The number of methoxy groups -OCH3 is 2. The number of rotatable bonds is 10. The van der Waals surface area contributed by atoms with Gasteiger partial charge in [0.2, 0.25) is 5.60 Å². The smallest absolute Gasteiger partial charge is 0.273 e. The molecule has 8 heteroatoms. The second-order valence-electron chi connectivity index (χ2n) is 9.82. The molecule has 0 saturated heterocycles. The lowest BCUT2D eigenvalue weighted by molar-refractivity contribution is -0.138. The fraction of sp³-hybridized carbons (Fsp3) is 0.692. The molecule has 34 heavy (non-hydrogen) atoms. The maximum atomic E-state index is 13.8. The number of carbonyl (C=O) groups is 2. The van der Waals surface area contributed by atoms with E-state index in [4.69, 9.17) is 25.8 Å². The first-order valence-electron chi connectivity index (χ1n) is 12.4. The summed E-state index contributed by atoms with van der Waals surface area (Å²) in [5.74, 6) is 0.209. The highest BCUT2D eigenvalue weighted by Crippen LogP contribution is 2.42. The van der Waals surface area contributed by atoms with Crippen molar-refractivity contribution in [2.24, 2.45) is 0 Å². The van der Waals surface area contributed by atoms with Crippen LogP contribution in [0.4, 0.5) is 5.69 Å². The van der Waals surface area contributed by atoms with E-state index in [9.17, 15) is 9.59 Å². The Hall–Kier alpha value is -1.83. The van der Waals surface area contributed by atoms with Crippen molar-refractivity contribution in [2.45, 2.75) is 83.4 Å². The molecule has 1 aromatic rings. The van der Waals surface area contributed by atoms with Crippen molar-refractivity contribution in [3.63, 3.8) is 0 Å². The number of fused-ring (bicyclic) bond motifs is 1. The van der Waals surface area contributed by atoms with Crippen LogP contribution in [0.3, 0.4) is 0 Å². The summed E-state index contributed by atoms with van der Waals surface area (Å²) in [4.78, 5) is 30.9. The number of unbranched alkanes of at least 4 members (excludes halogenated alkanes) is 1. The maximum absolute atomic E-state index is 13.8. The van der Waals surface area contributed by atoms with Crippen molar-refractivity contribution in [3.8, 4) is 5.75 Å². The Bertz CT molecular complexity index is 871. The van der Waals surface area contributed by atoms with Gasteiger partial charge in [0.25, 0.3) is 11.8 Å². The number of nitrogens with zero attached hydrogens (tertiary/aromatic N) is 2. The van der Waals surface area contributed by atoms with Gasteiger partial charge in [0.1, 0.15) is 5.75 Å². The van der Waals surface area contributed by atoms with Crippen LogP contribution in [0, 0.1) is 0 Å². The van der Waals surface area contributed by atoms with Gasteiger partial charge >= 0.3 is 0 Å². The number of halogens is 1. The SMILES string of the molecule is COCCCCN1C(=O)C(C)(COC)Oc2cc(Cl)c(C(=O)N(C(C)C)C3CCCCC3)cc21. The van der Waals surface area contributed by atoms with Crippen LogP contribution in [-0.2, 0) is 14.3 Å². The molecule has 0 spiro atoms. The highest BCUT2D eigenvalue weighted by Gasteiger charge is 2.45. The van der Waals surface area contributed by atoms with Gasteiger partial charge in [-0.25, -0.2) is 0 Å². The third-order valence-corrected chi connectivity index (χ3v) is 7.07. The summed E-state index contributed by atoms with van der Waals surface area (Å²) in [6.45, 7) is 7.04. The Kier molecular flexibility index (Phi) is 9.24. The number of ether oxygens (including phenoxy) is 3. The zero-order valence-electron chi connectivity index (χ0n) is 21.2. The standard InChI is InChI=1S/C26H39ClN2O5/c1-18(2)29(19-11-7-6-8-12-19)24(30)20-15-22-23(16-21(20)27)34-26(3,17-33-5)25(31)28(22)13-9-10-14-32-4/h15-16,18-19H,6-14,17H2,1-5H3. The Balaban J connectivity index is 1.98. The lowest BCUT2D eigenvalue weighted by Crippen LogP contribution is -2.57. The molecule has 1 unspecified atom stereocenters. The summed E-state index contributed by atoms with van der Waals surface area (Å²) >= 11 is 6.66. The van der Waals surface area contributed by atoms with Gasteiger partial charge < -0.3 is 24.0 Å². The zero-order valence-corrected chi connectivity index (χ0v) is 22.0. The quantitative estimate of drug-likeness (QED) is 0.424. The van der Waals surface area contributed by atoms with Crippen LogP contribution < -0.4 is 9.64 Å². The lowest BCUT2D eigenvalue weighted by Gasteiger charge is -2.41. The molecule has 0 bridgehead atoms. The predicted molar refractivity (Wildman–Crippen MR) is 134 cm³/mol. The van der Waals surface area contributed by atoms with E-state index in [1.807, 2.05) is 18.7 Å². The van der Waals surface area contributed by atoms with Crippen LogP contribution in [0.2, 0.25) is 5.02 Å². The highest BCUT2D eigenvalue weighted by atomic mass is 35.5. The first kappa shape index (κ1) is 26.8. The zero-order chi connectivity index (χ0) is 24.9.